The van der Waals surface area contributed by atoms with Crippen molar-refractivity contribution in [2.24, 2.45) is 0 Å². The highest BCUT2D eigenvalue weighted by atomic mass is 19.3. The third kappa shape index (κ3) is 3.72. The molecule has 3 amide bonds. The van der Waals surface area contributed by atoms with Crippen molar-refractivity contribution < 1.29 is 28.2 Å². The van der Waals surface area contributed by atoms with Gasteiger partial charge in [-0.15, -0.1) is 6.42 Å². The van der Waals surface area contributed by atoms with Gasteiger partial charge in [0.15, 0.2) is 0 Å². The van der Waals surface area contributed by atoms with Gasteiger partial charge in [-0.05, 0) is 48.4 Å². The molecule has 1 aromatic heterocycles. The van der Waals surface area contributed by atoms with E-state index >= 15 is 0 Å². The van der Waals surface area contributed by atoms with E-state index in [0.29, 0.717) is 35.2 Å². The van der Waals surface area contributed by atoms with Gasteiger partial charge in [0, 0.05) is 36.1 Å². The first-order chi connectivity index (χ1) is 17.2. The normalized spacial score (nSPS) is 21.1. The monoisotopic (exact) mass is 494 g/mol. The van der Waals surface area contributed by atoms with Crippen molar-refractivity contribution in [2.45, 2.75) is 31.5 Å². The predicted octanol–water partition coefficient (Wildman–Crippen LogP) is 3.37. The number of H-pyrrole nitrogens is 1. The Bertz CT molecular complexity index is 1400. The van der Waals surface area contributed by atoms with Crippen LogP contribution in [0.25, 0.3) is 10.9 Å². The zero-order valence-electron chi connectivity index (χ0n) is 19.4. The highest BCUT2D eigenvalue weighted by Gasteiger charge is 2.60. The molecule has 3 N–H and O–H groups in total. The third-order valence-corrected chi connectivity index (χ3v) is 6.79. The van der Waals surface area contributed by atoms with Gasteiger partial charge in [-0.2, -0.15) is 8.78 Å². The summed E-state index contributed by atoms with van der Waals surface area (Å²) in [6, 6.07) is 9.90. The molecule has 1 fully saturated rings. The number of phenolic OH excluding ortho intramolecular Hbond substituents is 1. The number of alkyl halides is 2. The number of benzene rings is 2. The molecule has 186 valence electrons. The maximum absolute atomic E-state index is 13.7. The molecule has 3 aromatic rings. The largest absolute Gasteiger partial charge is 0.508 e. The van der Waals surface area contributed by atoms with Crippen LogP contribution < -0.4 is 10.1 Å². The van der Waals surface area contributed by atoms with E-state index in [0.717, 1.165) is 5.56 Å². The summed E-state index contributed by atoms with van der Waals surface area (Å²) >= 11 is 0. The number of hydrogen-bond donors (Lipinski definition) is 3. The van der Waals surface area contributed by atoms with Gasteiger partial charge < -0.3 is 20.1 Å². The number of hydrogen-bond acceptors (Lipinski definition) is 5. The van der Waals surface area contributed by atoms with Gasteiger partial charge in [0.05, 0.1) is 6.54 Å². The van der Waals surface area contributed by atoms with E-state index in [1.54, 1.807) is 36.1 Å². The van der Waals surface area contributed by atoms with Crippen LogP contribution in [0.5, 0.6) is 11.5 Å². The van der Waals surface area contributed by atoms with E-state index in [4.69, 9.17) is 6.42 Å². The number of halogens is 2. The highest BCUT2D eigenvalue weighted by Crippen LogP contribution is 2.49. The predicted molar refractivity (Wildman–Crippen MR) is 128 cm³/mol. The zero-order valence-corrected chi connectivity index (χ0v) is 19.4. The number of nitrogens with one attached hydrogen (secondary N) is 2. The number of aromatic hydroxyl groups is 1. The van der Waals surface area contributed by atoms with Crippen LogP contribution in [-0.4, -0.2) is 63.6 Å². The van der Waals surface area contributed by atoms with Crippen LogP contribution in [-0.2, 0) is 11.2 Å². The molecule has 2 unspecified atom stereocenters. The molecule has 3 heterocycles. The molecule has 0 saturated carbocycles. The van der Waals surface area contributed by atoms with Gasteiger partial charge >= 0.3 is 12.6 Å². The third-order valence-electron chi connectivity index (χ3n) is 6.79. The van der Waals surface area contributed by atoms with Crippen LogP contribution in [0.15, 0.2) is 42.5 Å². The van der Waals surface area contributed by atoms with E-state index in [-0.39, 0.29) is 30.4 Å². The lowest BCUT2D eigenvalue weighted by Gasteiger charge is -2.42. The number of carbonyl (C=O) groups is 2. The molecular weight excluding hydrogens is 470 g/mol. The smallest absolute Gasteiger partial charge is 0.387 e. The number of amides is 3. The Kier molecular flexibility index (Phi) is 5.80. The molecule has 0 aliphatic carbocycles. The highest BCUT2D eigenvalue weighted by molar-refractivity contribution is 6.08. The summed E-state index contributed by atoms with van der Waals surface area (Å²) in [5.74, 6) is 2.10. The minimum atomic E-state index is -2.98. The van der Waals surface area contributed by atoms with E-state index in [2.05, 4.69) is 21.0 Å². The van der Waals surface area contributed by atoms with Gasteiger partial charge in [0.1, 0.15) is 23.1 Å². The van der Waals surface area contributed by atoms with E-state index in [9.17, 15) is 23.5 Å². The van der Waals surface area contributed by atoms with Gasteiger partial charge in [-0.3, -0.25) is 14.6 Å². The topological polar surface area (TPSA) is 97.9 Å². The fraction of sp³-hybridized carbons (Fsp3) is 0.308. The summed E-state index contributed by atoms with van der Waals surface area (Å²) in [5.41, 5.74) is 1.40. The standard InChI is InChI=1S/C26H24F2N4O4/c1-3-9-29-10-11-31-23(34)26(2)14-19-18-13-17(36-24(27)28)7-8-20(18)30-21(19)22(32(26)25(31)35)15-5-4-6-16(33)12-15/h1,4-8,12-13,22,24,29-30,33H,9-11,14H2,2H3. The number of urea groups is 1. The van der Waals surface area contributed by atoms with E-state index in [1.165, 1.54) is 23.1 Å². The second-order valence-electron chi connectivity index (χ2n) is 9.04. The van der Waals surface area contributed by atoms with Crippen LogP contribution >= 0.6 is 0 Å². The molecule has 2 atom stereocenters. The van der Waals surface area contributed by atoms with Crippen LogP contribution in [0.3, 0.4) is 0 Å². The molecule has 10 heteroatoms. The molecule has 1 saturated heterocycles. The molecule has 5 rings (SSSR count). The van der Waals surface area contributed by atoms with Crippen molar-refractivity contribution in [2.75, 3.05) is 19.6 Å². The first-order valence-electron chi connectivity index (χ1n) is 11.4. The Balaban J connectivity index is 1.64. The Labute approximate surface area is 205 Å². The first-order valence-corrected chi connectivity index (χ1v) is 11.4. The van der Waals surface area contributed by atoms with Crippen LogP contribution in [0.1, 0.15) is 29.8 Å². The van der Waals surface area contributed by atoms with Crippen molar-refractivity contribution in [3.05, 3.63) is 59.3 Å². The molecular formula is C26H24F2N4O4. The van der Waals surface area contributed by atoms with Crippen molar-refractivity contribution >= 4 is 22.8 Å². The lowest BCUT2D eigenvalue weighted by molar-refractivity contribution is -0.133. The van der Waals surface area contributed by atoms with Crippen molar-refractivity contribution in [3.8, 4) is 23.8 Å². The summed E-state index contributed by atoms with van der Waals surface area (Å²) in [6.07, 6.45) is 5.44. The lowest BCUT2D eigenvalue weighted by Crippen LogP contribution is -2.53. The molecule has 36 heavy (non-hydrogen) atoms. The minimum absolute atomic E-state index is 0.00386. The fourth-order valence-corrected chi connectivity index (χ4v) is 5.26. The number of fused-ring (bicyclic) bond motifs is 4. The van der Waals surface area contributed by atoms with E-state index in [1.807, 2.05) is 0 Å². The molecule has 0 radical (unpaired) electrons. The number of phenols is 1. The number of ether oxygens (including phenoxy) is 1. The van der Waals surface area contributed by atoms with Crippen molar-refractivity contribution in [3.63, 3.8) is 0 Å². The molecule has 2 aliphatic rings. The van der Waals surface area contributed by atoms with Gasteiger partial charge in [0.2, 0.25) is 0 Å². The summed E-state index contributed by atoms with van der Waals surface area (Å²) in [4.78, 5) is 33.4. The molecule has 8 nitrogen and oxygen atoms in total. The SMILES string of the molecule is C#CCNCCN1C(=O)N2C(c3cccc(O)c3)c3[nH]c4ccc(OC(F)F)cc4c3CC2(C)C1=O. The van der Waals surface area contributed by atoms with Gasteiger partial charge in [0.25, 0.3) is 5.91 Å². The average molecular weight is 494 g/mol. The molecule has 0 bridgehead atoms. The quantitative estimate of drug-likeness (QED) is 0.266. The number of terminal acetylenes is 1. The first kappa shape index (κ1) is 23.6. The average Bonchev–Trinajstić information content (AvgIpc) is 3.27. The van der Waals surface area contributed by atoms with Crippen LogP contribution in [0.2, 0.25) is 0 Å². The number of aromatic nitrogens is 1. The van der Waals surface area contributed by atoms with E-state index < -0.39 is 24.2 Å². The van der Waals surface area contributed by atoms with Crippen molar-refractivity contribution in [1.82, 2.24) is 20.1 Å². The lowest BCUT2D eigenvalue weighted by atomic mass is 9.81. The molecule has 0 spiro atoms. The second-order valence-corrected chi connectivity index (χ2v) is 9.04. The summed E-state index contributed by atoms with van der Waals surface area (Å²) in [6.45, 7) is -0.484. The Morgan fingerprint density at radius 2 is 2.11 bits per heavy atom. The van der Waals surface area contributed by atoms with Gasteiger partial charge in [-0.25, -0.2) is 4.79 Å². The Morgan fingerprint density at radius 3 is 2.83 bits per heavy atom. The minimum Gasteiger partial charge on any atom is -0.508 e. The number of rotatable bonds is 7. The van der Waals surface area contributed by atoms with Crippen LogP contribution in [0, 0.1) is 12.3 Å². The summed E-state index contributed by atoms with van der Waals surface area (Å²) < 4.78 is 30.3. The Morgan fingerprint density at radius 1 is 1.31 bits per heavy atom. The number of nitrogens with zero attached hydrogens (tertiary/aromatic N) is 2. The Hall–Kier alpha value is -4.10. The maximum atomic E-state index is 13.7. The number of imide groups is 1. The number of carbonyl (C=O) groups excluding carboxylic acids is 2. The summed E-state index contributed by atoms with van der Waals surface area (Å²) in [7, 11) is 0. The molecule has 2 aliphatic heterocycles. The van der Waals surface area contributed by atoms with Crippen LogP contribution in [0.4, 0.5) is 13.6 Å². The zero-order chi connectivity index (χ0) is 25.6. The van der Waals surface area contributed by atoms with Gasteiger partial charge in [-0.1, -0.05) is 18.1 Å². The summed E-state index contributed by atoms with van der Waals surface area (Å²) in [5, 5.41) is 13.8. The molecule has 2 aromatic carbocycles. The second kappa shape index (κ2) is 8.84. The fourth-order valence-electron chi connectivity index (χ4n) is 5.26. The van der Waals surface area contributed by atoms with Crippen molar-refractivity contribution in [1.29, 1.82) is 0 Å². The maximum Gasteiger partial charge on any atom is 0.387 e. The number of aromatic amines is 1.